The molecular weight excluding hydrogens is 284 g/mol. The quantitative estimate of drug-likeness (QED) is 0.641. The fourth-order valence-corrected chi connectivity index (χ4v) is 1.82. The summed E-state index contributed by atoms with van der Waals surface area (Å²) >= 11 is 0. The van der Waals surface area contributed by atoms with Gasteiger partial charge in [0.2, 0.25) is 0 Å². The van der Waals surface area contributed by atoms with E-state index in [9.17, 15) is 0 Å². The van der Waals surface area contributed by atoms with Crippen molar-refractivity contribution in [2.24, 2.45) is 15.3 Å². The van der Waals surface area contributed by atoms with Crippen molar-refractivity contribution in [2.75, 3.05) is 20.3 Å². The van der Waals surface area contributed by atoms with Crippen molar-refractivity contribution < 1.29 is 14.5 Å². The van der Waals surface area contributed by atoms with Crippen LogP contribution in [0.5, 0.6) is 0 Å². The van der Waals surface area contributed by atoms with E-state index in [0.29, 0.717) is 24.7 Å². The molecule has 0 spiro atoms. The molecule has 0 amide bonds. The first-order chi connectivity index (χ1) is 10.7. The Balaban J connectivity index is 2.34. The summed E-state index contributed by atoms with van der Waals surface area (Å²) in [5, 5.41) is 8.04. The van der Waals surface area contributed by atoms with Gasteiger partial charge < -0.3 is 9.68 Å². The molecule has 0 fully saturated rings. The van der Waals surface area contributed by atoms with Crippen LogP contribution in [0.3, 0.4) is 0 Å². The predicted molar refractivity (Wildman–Crippen MR) is 85.2 cm³/mol. The summed E-state index contributed by atoms with van der Waals surface area (Å²) in [6.45, 7) is 4.92. The first-order valence-corrected chi connectivity index (χ1v) is 7.04. The Morgan fingerprint density at radius 3 is 2.91 bits per heavy atom. The van der Waals surface area contributed by atoms with Gasteiger partial charge in [-0.25, -0.2) is 5.48 Å². The summed E-state index contributed by atoms with van der Waals surface area (Å²) in [6, 6.07) is 7.65. The Kier molecular flexibility index (Phi) is 5.91. The number of rotatable bonds is 6. The third-order valence-corrected chi connectivity index (χ3v) is 2.72. The second-order valence-corrected chi connectivity index (χ2v) is 4.78. The smallest absolute Gasteiger partial charge is 0.175 e. The molecule has 0 aliphatic carbocycles. The average Bonchev–Trinajstić information content (AvgIpc) is 2.54. The Labute approximate surface area is 129 Å². The topological polar surface area (TPSA) is 76.8 Å². The van der Waals surface area contributed by atoms with Crippen molar-refractivity contribution in [3.05, 3.63) is 35.4 Å². The molecule has 0 aromatic heterocycles. The zero-order valence-corrected chi connectivity index (χ0v) is 12.9. The number of amidine groups is 1. The van der Waals surface area contributed by atoms with Crippen molar-refractivity contribution in [3.8, 4) is 0 Å². The minimum atomic E-state index is 0.0216. The lowest BCUT2D eigenvalue weighted by molar-refractivity contribution is 0.0836. The molecule has 22 heavy (non-hydrogen) atoms. The number of nitrogens with one attached hydrogen (secondary N) is 1. The van der Waals surface area contributed by atoms with Crippen LogP contribution in [0.15, 0.2) is 39.6 Å². The average molecular weight is 304 g/mol. The van der Waals surface area contributed by atoms with Crippen LogP contribution in [-0.2, 0) is 14.5 Å². The van der Waals surface area contributed by atoms with Gasteiger partial charge in [-0.05, 0) is 13.8 Å². The fraction of sp³-hybridized carbons (Fsp3) is 0.400. The maximum atomic E-state index is 5.21. The Morgan fingerprint density at radius 1 is 1.41 bits per heavy atom. The number of aliphatic imine (C=N–C) groups is 1. The van der Waals surface area contributed by atoms with Crippen molar-refractivity contribution in [3.63, 3.8) is 0 Å². The molecule has 118 valence electrons. The number of oxime groups is 2. The summed E-state index contributed by atoms with van der Waals surface area (Å²) < 4.78 is 0. The molecule has 0 saturated carbocycles. The van der Waals surface area contributed by atoms with Gasteiger partial charge in [0, 0.05) is 11.1 Å². The minimum Gasteiger partial charge on any atom is -0.399 e. The minimum absolute atomic E-state index is 0.0216. The van der Waals surface area contributed by atoms with Gasteiger partial charge in [-0.3, -0.25) is 9.83 Å². The van der Waals surface area contributed by atoms with Gasteiger partial charge in [-0.1, -0.05) is 34.6 Å². The monoisotopic (exact) mass is 304 g/mol. The Hall–Kier alpha value is -2.41. The van der Waals surface area contributed by atoms with Crippen LogP contribution >= 0.6 is 0 Å². The Bertz CT molecular complexity index is 582. The number of hydroxylamine groups is 1. The highest BCUT2D eigenvalue weighted by Crippen LogP contribution is 2.11. The zero-order valence-electron chi connectivity index (χ0n) is 12.9. The van der Waals surface area contributed by atoms with E-state index in [0.717, 1.165) is 11.1 Å². The van der Waals surface area contributed by atoms with Crippen LogP contribution in [-0.4, -0.2) is 44.1 Å². The van der Waals surface area contributed by atoms with E-state index in [1.54, 1.807) is 6.21 Å². The van der Waals surface area contributed by atoms with E-state index in [2.05, 4.69) is 20.8 Å². The van der Waals surface area contributed by atoms with Gasteiger partial charge in [-0.2, -0.15) is 0 Å². The highest BCUT2D eigenvalue weighted by atomic mass is 16.6. The molecule has 0 radical (unpaired) electrons. The van der Waals surface area contributed by atoms with Gasteiger partial charge in [0.15, 0.2) is 11.5 Å². The maximum Gasteiger partial charge on any atom is 0.175 e. The van der Waals surface area contributed by atoms with Gasteiger partial charge in [0.05, 0.1) is 19.4 Å². The molecule has 1 aromatic carbocycles. The van der Waals surface area contributed by atoms with Crippen LogP contribution in [0.1, 0.15) is 25.0 Å². The molecule has 7 heteroatoms. The molecular formula is C15H20N4O3. The molecule has 2 rings (SSSR count). The van der Waals surface area contributed by atoms with Gasteiger partial charge in [0.1, 0.15) is 13.2 Å². The maximum absolute atomic E-state index is 5.21. The van der Waals surface area contributed by atoms with Crippen LogP contribution in [0.25, 0.3) is 0 Å². The highest BCUT2D eigenvalue weighted by Gasteiger charge is 2.18. The van der Waals surface area contributed by atoms with Crippen LogP contribution in [0.4, 0.5) is 0 Å². The normalized spacial score (nSPS) is 15.6. The summed E-state index contributed by atoms with van der Waals surface area (Å²) in [7, 11) is 1.49. The molecule has 7 nitrogen and oxygen atoms in total. The van der Waals surface area contributed by atoms with Crippen molar-refractivity contribution in [1.82, 2.24) is 5.48 Å². The summed E-state index contributed by atoms with van der Waals surface area (Å²) in [4.78, 5) is 19.7. The van der Waals surface area contributed by atoms with Crippen molar-refractivity contribution >= 4 is 17.8 Å². The zero-order chi connectivity index (χ0) is 15.8. The van der Waals surface area contributed by atoms with E-state index < -0.39 is 0 Å². The second-order valence-electron chi connectivity index (χ2n) is 4.78. The van der Waals surface area contributed by atoms with Gasteiger partial charge in [0.25, 0.3) is 0 Å². The first kappa shape index (κ1) is 16.0. The van der Waals surface area contributed by atoms with Gasteiger partial charge >= 0.3 is 0 Å². The lowest BCUT2D eigenvalue weighted by Crippen LogP contribution is -2.37. The summed E-state index contributed by atoms with van der Waals surface area (Å²) in [6.07, 6.45) is 1.67. The third kappa shape index (κ3) is 4.29. The van der Waals surface area contributed by atoms with E-state index in [-0.39, 0.29) is 6.10 Å². The van der Waals surface area contributed by atoms with Crippen LogP contribution < -0.4 is 5.48 Å². The summed E-state index contributed by atoms with van der Waals surface area (Å²) in [5.74, 6) is 0.527. The van der Waals surface area contributed by atoms with E-state index in [1.807, 2.05) is 38.1 Å². The third-order valence-electron chi connectivity index (χ3n) is 2.72. The van der Waals surface area contributed by atoms with Crippen LogP contribution in [0, 0.1) is 0 Å². The van der Waals surface area contributed by atoms with Gasteiger partial charge in [-0.15, -0.1) is 0 Å². The van der Waals surface area contributed by atoms with E-state index >= 15 is 0 Å². The molecule has 1 heterocycles. The largest absolute Gasteiger partial charge is 0.399 e. The molecule has 1 aliphatic rings. The second kappa shape index (κ2) is 8.14. The molecule has 0 bridgehead atoms. The predicted octanol–water partition coefficient (Wildman–Crippen LogP) is 1.73. The van der Waals surface area contributed by atoms with E-state index in [1.165, 1.54) is 7.11 Å². The molecule has 0 unspecified atom stereocenters. The SMILES string of the molecule is CON=C(C1=NCCON1)c1ccccc1/C=N\OC(C)C. The number of hydrogen-bond acceptors (Lipinski definition) is 7. The molecule has 0 atom stereocenters. The van der Waals surface area contributed by atoms with Crippen molar-refractivity contribution in [1.29, 1.82) is 0 Å². The lowest BCUT2D eigenvalue weighted by Gasteiger charge is -2.16. The lowest BCUT2D eigenvalue weighted by atomic mass is 10.0. The molecule has 1 N–H and O–H groups in total. The van der Waals surface area contributed by atoms with E-state index in [4.69, 9.17) is 14.5 Å². The Morgan fingerprint density at radius 2 is 2.23 bits per heavy atom. The first-order valence-electron chi connectivity index (χ1n) is 7.04. The molecule has 0 saturated heterocycles. The standard InChI is InChI=1S/C15H20N4O3/c1-11(2)22-17-10-12-6-4-5-7-13(12)14(18-20-3)15-16-8-9-21-19-15/h4-7,10-11H,8-9H2,1-3H3,(H,16,19)/b17-10-,18-14?. The highest BCUT2D eigenvalue weighted by molar-refractivity contribution is 6.48. The number of hydrogen-bond donors (Lipinski definition) is 1. The number of nitrogens with zero attached hydrogens (tertiary/aromatic N) is 3. The number of benzene rings is 1. The summed E-state index contributed by atoms with van der Waals surface area (Å²) in [5.41, 5.74) is 4.98. The molecule has 1 aliphatic heterocycles. The fourth-order valence-electron chi connectivity index (χ4n) is 1.82. The molecule has 1 aromatic rings. The van der Waals surface area contributed by atoms with Crippen molar-refractivity contribution in [2.45, 2.75) is 20.0 Å². The van der Waals surface area contributed by atoms with Crippen LogP contribution in [0.2, 0.25) is 0 Å².